The van der Waals surface area contributed by atoms with E-state index in [0.717, 1.165) is 5.69 Å². The van der Waals surface area contributed by atoms with Gasteiger partial charge in [0, 0.05) is 11.8 Å². The number of rotatable bonds is 2. The van der Waals surface area contributed by atoms with Crippen LogP contribution in [0, 0.1) is 6.92 Å². The highest BCUT2D eigenvalue weighted by atomic mass is 16.5. The molecule has 0 amide bonds. The Hall–Kier alpha value is -2.30. The summed E-state index contributed by atoms with van der Waals surface area (Å²) < 4.78 is 6.00. The Labute approximate surface area is 97.6 Å². The van der Waals surface area contributed by atoms with Gasteiger partial charge in [-0.3, -0.25) is 9.89 Å². The van der Waals surface area contributed by atoms with Gasteiger partial charge in [-0.1, -0.05) is 6.07 Å². The third kappa shape index (κ3) is 2.13. The van der Waals surface area contributed by atoms with Gasteiger partial charge in [-0.25, -0.2) is 9.48 Å². The maximum Gasteiger partial charge on any atom is 0.337 e. The van der Waals surface area contributed by atoms with E-state index >= 15 is 0 Å². The van der Waals surface area contributed by atoms with E-state index in [1.54, 1.807) is 31.2 Å². The van der Waals surface area contributed by atoms with Crippen LogP contribution in [-0.2, 0) is 4.74 Å². The van der Waals surface area contributed by atoms with Gasteiger partial charge in [-0.15, -0.1) is 0 Å². The van der Waals surface area contributed by atoms with Crippen LogP contribution in [-0.4, -0.2) is 22.9 Å². The number of aromatic nitrogens is 2. The van der Waals surface area contributed by atoms with Crippen LogP contribution < -0.4 is 5.56 Å². The number of hydrogen-bond donors (Lipinski definition) is 1. The molecule has 88 valence electrons. The van der Waals surface area contributed by atoms with Gasteiger partial charge in [0.1, 0.15) is 0 Å². The molecule has 0 aliphatic rings. The zero-order valence-corrected chi connectivity index (χ0v) is 9.56. The Balaban J connectivity index is 2.50. The number of aromatic amines is 1. The fourth-order valence-electron chi connectivity index (χ4n) is 1.60. The standard InChI is InChI=1S/C12H12N2O3/c1-8-6-11(15)14(13-8)10-5-3-4-9(7-10)12(16)17-2/h3-7,13H,1-2H3. The maximum absolute atomic E-state index is 11.6. The second kappa shape index (κ2) is 4.29. The first-order valence-electron chi connectivity index (χ1n) is 5.09. The summed E-state index contributed by atoms with van der Waals surface area (Å²) in [6.07, 6.45) is 0. The lowest BCUT2D eigenvalue weighted by Gasteiger charge is -2.04. The van der Waals surface area contributed by atoms with E-state index in [0.29, 0.717) is 11.3 Å². The van der Waals surface area contributed by atoms with Crippen molar-refractivity contribution in [3.8, 4) is 5.69 Å². The number of carbonyl (C=O) groups is 1. The molecule has 17 heavy (non-hydrogen) atoms. The van der Waals surface area contributed by atoms with Gasteiger partial charge in [-0.2, -0.15) is 0 Å². The molecule has 0 radical (unpaired) electrons. The monoisotopic (exact) mass is 232 g/mol. The van der Waals surface area contributed by atoms with Gasteiger partial charge < -0.3 is 4.74 Å². The van der Waals surface area contributed by atoms with Gasteiger partial charge in [0.15, 0.2) is 0 Å². The first-order chi connectivity index (χ1) is 8.11. The van der Waals surface area contributed by atoms with Crippen molar-refractivity contribution in [2.45, 2.75) is 6.92 Å². The average molecular weight is 232 g/mol. The van der Waals surface area contributed by atoms with Crippen molar-refractivity contribution in [3.05, 3.63) is 51.9 Å². The van der Waals surface area contributed by atoms with Crippen molar-refractivity contribution in [2.24, 2.45) is 0 Å². The number of nitrogens with one attached hydrogen (secondary N) is 1. The van der Waals surface area contributed by atoms with Crippen molar-refractivity contribution in [3.63, 3.8) is 0 Å². The fourth-order valence-corrected chi connectivity index (χ4v) is 1.60. The Bertz CT molecular complexity index is 610. The molecule has 1 heterocycles. The number of H-pyrrole nitrogens is 1. The number of hydrogen-bond acceptors (Lipinski definition) is 3. The minimum absolute atomic E-state index is 0.162. The molecular formula is C12H12N2O3. The molecule has 1 aromatic heterocycles. The molecule has 5 heteroatoms. The SMILES string of the molecule is COC(=O)c1cccc(-n2[nH]c(C)cc2=O)c1. The molecule has 0 bridgehead atoms. The Morgan fingerprint density at radius 3 is 2.71 bits per heavy atom. The molecule has 0 fully saturated rings. The van der Waals surface area contributed by atoms with E-state index in [4.69, 9.17) is 0 Å². The lowest BCUT2D eigenvalue weighted by Crippen LogP contribution is -2.14. The van der Waals surface area contributed by atoms with E-state index in [9.17, 15) is 9.59 Å². The number of benzene rings is 1. The summed E-state index contributed by atoms with van der Waals surface area (Å²) in [6.45, 7) is 1.79. The molecule has 0 aliphatic heterocycles. The first-order valence-corrected chi connectivity index (χ1v) is 5.09. The third-order valence-electron chi connectivity index (χ3n) is 2.37. The summed E-state index contributed by atoms with van der Waals surface area (Å²) in [5.41, 5.74) is 1.61. The Morgan fingerprint density at radius 2 is 2.12 bits per heavy atom. The lowest BCUT2D eigenvalue weighted by molar-refractivity contribution is 0.0600. The molecular weight excluding hydrogens is 220 g/mol. The van der Waals surface area contributed by atoms with E-state index in [1.807, 2.05) is 0 Å². The van der Waals surface area contributed by atoms with Crippen molar-refractivity contribution in [1.29, 1.82) is 0 Å². The van der Waals surface area contributed by atoms with Gasteiger partial charge in [0.2, 0.25) is 0 Å². The van der Waals surface area contributed by atoms with Crippen molar-refractivity contribution in [1.82, 2.24) is 9.78 Å². The molecule has 0 spiro atoms. The summed E-state index contributed by atoms with van der Waals surface area (Å²) in [6, 6.07) is 8.16. The van der Waals surface area contributed by atoms with Gasteiger partial charge >= 0.3 is 5.97 Å². The van der Waals surface area contributed by atoms with Crippen molar-refractivity contribution in [2.75, 3.05) is 7.11 Å². The summed E-state index contributed by atoms with van der Waals surface area (Å²) in [5, 5.41) is 2.90. The number of esters is 1. The van der Waals surface area contributed by atoms with Crippen LogP contribution in [0.25, 0.3) is 5.69 Å². The zero-order chi connectivity index (χ0) is 12.4. The summed E-state index contributed by atoms with van der Waals surface area (Å²) >= 11 is 0. The van der Waals surface area contributed by atoms with Gasteiger partial charge in [0.25, 0.3) is 5.56 Å². The Morgan fingerprint density at radius 1 is 1.35 bits per heavy atom. The lowest BCUT2D eigenvalue weighted by atomic mass is 10.2. The number of methoxy groups -OCH3 is 1. The molecule has 1 N–H and O–H groups in total. The topological polar surface area (TPSA) is 64.1 Å². The number of ether oxygens (including phenoxy) is 1. The molecule has 0 unspecified atom stereocenters. The van der Waals surface area contributed by atoms with Crippen LogP contribution in [0.3, 0.4) is 0 Å². The summed E-state index contributed by atoms with van der Waals surface area (Å²) in [4.78, 5) is 23.0. The highest BCUT2D eigenvalue weighted by molar-refractivity contribution is 5.89. The Kier molecular flexibility index (Phi) is 2.82. The minimum Gasteiger partial charge on any atom is -0.465 e. The van der Waals surface area contributed by atoms with E-state index < -0.39 is 5.97 Å². The second-order valence-electron chi connectivity index (χ2n) is 3.65. The van der Waals surface area contributed by atoms with Crippen molar-refractivity contribution < 1.29 is 9.53 Å². The smallest absolute Gasteiger partial charge is 0.337 e. The highest BCUT2D eigenvalue weighted by Gasteiger charge is 2.08. The average Bonchev–Trinajstić information content (AvgIpc) is 2.67. The molecule has 2 aromatic rings. The van der Waals surface area contributed by atoms with Crippen LogP contribution in [0.5, 0.6) is 0 Å². The molecule has 0 aliphatic carbocycles. The molecule has 0 saturated heterocycles. The minimum atomic E-state index is -0.428. The summed E-state index contributed by atoms with van der Waals surface area (Å²) in [7, 11) is 1.32. The third-order valence-corrected chi connectivity index (χ3v) is 2.37. The molecule has 0 saturated carbocycles. The summed E-state index contributed by atoms with van der Waals surface area (Å²) in [5.74, 6) is -0.428. The van der Waals surface area contributed by atoms with E-state index in [1.165, 1.54) is 17.9 Å². The van der Waals surface area contributed by atoms with Crippen LogP contribution in [0.1, 0.15) is 16.1 Å². The first kappa shape index (κ1) is 11.2. The molecule has 5 nitrogen and oxygen atoms in total. The number of aryl methyl sites for hydroxylation is 1. The predicted molar refractivity (Wildman–Crippen MR) is 62.5 cm³/mol. The maximum atomic E-state index is 11.6. The van der Waals surface area contributed by atoms with Crippen LogP contribution >= 0.6 is 0 Å². The zero-order valence-electron chi connectivity index (χ0n) is 9.56. The molecule has 0 atom stereocenters. The van der Waals surface area contributed by atoms with Crippen LogP contribution in [0.4, 0.5) is 0 Å². The van der Waals surface area contributed by atoms with E-state index in [-0.39, 0.29) is 5.56 Å². The fraction of sp³-hybridized carbons (Fsp3) is 0.167. The van der Waals surface area contributed by atoms with Gasteiger partial charge in [0.05, 0.1) is 18.4 Å². The number of carbonyl (C=O) groups excluding carboxylic acids is 1. The molecule has 1 aromatic carbocycles. The van der Waals surface area contributed by atoms with Gasteiger partial charge in [-0.05, 0) is 25.1 Å². The second-order valence-corrected chi connectivity index (χ2v) is 3.65. The molecule has 2 rings (SSSR count). The predicted octanol–water partition coefficient (Wildman–Crippen LogP) is 1.26. The van der Waals surface area contributed by atoms with Crippen molar-refractivity contribution >= 4 is 5.97 Å². The number of nitrogens with zero attached hydrogens (tertiary/aromatic N) is 1. The largest absolute Gasteiger partial charge is 0.465 e. The van der Waals surface area contributed by atoms with Crippen LogP contribution in [0.15, 0.2) is 35.1 Å². The van der Waals surface area contributed by atoms with Crippen LogP contribution in [0.2, 0.25) is 0 Å². The normalized spacial score (nSPS) is 10.2. The highest BCUT2D eigenvalue weighted by Crippen LogP contribution is 2.09. The van der Waals surface area contributed by atoms with E-state index in [2.05, 4.69) is 9.84 Å². The quantitative estimate of drug-likeness (QED) is 0.793.